The molecule has 1 aromatic carbocycles. The Bertz CT molecular complexity index is 296. The maximum absolute atomic E-state index is 5.34. The van der Waals surface area contributed by atoms with Crippen LogP contribution in [0.25, 0.3) is 0 Å². The number of rotatable bonds is 2. The molecular weight excluding hydrogens is 148 g/mol. The Hall–Kier alpha value is -1.26. The van der Waals surface area contributed by atoms with Crippen LogP contribution in [0.5, 0.6) is 0 Å². The molecule has 0 heterocycles. The highest BCUT2D eigenvalue weighted by Gasteiger charge is 2.06. The van der Waals surface area contributed by atoms with Gasteiger partial charge in [-0.1, -0.05) is 24.1 Å². The maximum atomic E-state index is 5.34. The van der Waals surface area contributed by atoms with Crippen molar-refractivity contribution in [2.75, 3.05) is 7.11 Å². The molecule has 0 spiro atoms. The molecule has 1 rings (SSSR count). The van der Waals surface area contributed by atoms with E-state index in [1.165, 1.54) is 0 Å². The van der Waals surface area contributed by atoms with E-state index in [4.69, 9.17) is 11.2 Å². The van der Waals surface area contributed by atoms with Gasteiger partial charge in [0.25, 0.3) is 0 Å². The molecule has 0 aliphatic rings. The highest BCUT2D eigenvalue weighted by atomic mass is 16.5. The van der Waals surface area contributed by atoms with Gasteiger partial charge in [0.2, 0.25) is 0 Å². The quantitative estimate of drug-likeness (QED) is 0.603. The molecule has 0 unspecified atom stereocenters. The van der Waals surface area contributed by atoms with Crippen molar-refractivity contribution in [2.24, 2.45) is 0 Å². The Morgan fingerprint density at radius 3 is 2.67 bits per heavy atom. The average molecular weight is 160 g/mol. The minimum atomic E-state index is 0.0669. The van der Waals surface area contributed by atoms with E-state index in [2.05, 4.69) is 5.92 Å². The molecule has 0 bridgehead atoms. The van der Waals surface area contributed by atoms with Crippen LogP contribution in [0, 0.1) is 12.3 Å². The summed E-state index contributed by atoms with van der Waals surface area (Å²) >= 11 is 0. The van der Waals surface area contributed by atoms with Crippen molar-refractivity contribution in [3.8, 4) is 12.3 Å². The Kier molecular flexibility index (Phi) is 2.90. The molecular formula is C11H12O. The third-order valence-corrected chi connectivity index (χ3v) is 1.91. The summed E-state index contributed by atoms with van der Waals surface area (Å²) in [7, 11) is 1.68. The van der Waals surface area contributed by atoms with Crippen LogP contribution in [-0.2, 0) is 4.74 Å². The van der Waals surface area contributed by atoms with Crippen molar-refractivity contribution in [3.63, 3.8) is 0 Å². The van der Waals surface area contributed by atoms with Crippen LogP contribution in [0.1, 0.15) is 24.2 Å². The molecule has 0 fully saturated rings. The number of hydrogen-bond acceptors (Lipinski definition) is 1. The number of ether oxygens (including phenoxy) is 1. The zero-order valence-corrected chi connectivity index (χ0v) is 7.37. The highest BCUT2D eigenvalue weighted by molar-refractivity contribution is 5.40. The molecule has 0 aromatic heterocycles. The third kappa shape index (κ3) is 1.66. The molecule has 0 N–H and O–H groups in total. The predicted octanol–water partition coefficient (Wildman–Crippen LogP) is 2.38. The first-order valence-corrected chi connectivity index (χ1v) is 3.88. The fourth-order valence-electron chi connectivity index (χ4n) is 1.11. The lowest BCUT2D eigenvalue weighted by molar-refractivity contribution is 0.119. The van der Waals surface area contributed by atoms with Crippen molar-refractivity contribution in [1.82, 2.24) is 0 Å². The number of benzene rings is 1. The Morgan fingerprint density at radius 2 is 2.08 bits per heavy atom. The number of methoxy groups -OCH3 is 1. The van der Waals surface area contributed by atoms with Crippen molar-refractivity contribution < 1.29 is 4.74 Å². The Labute approximate surface area is 73.4 Å². The summed E-state index contributed by atoms with van der Waals surface area (Å²) < 4.78 is 5.18. The van der Waals surface area contributed by atoms with E-state index < -0.39 is 0 Å². The molecule has 12 heavy (non-hydrogen) atoms. The van der Waals surface area contributed by atoms with E-state index in [-0.39, 0.29) is 6.10 Å². The highest BCUT2D eigenvalue weighted by Crippen LogP contribution is 2.18. The largest absolute Gasteiger partial charge is 0.377 e. The molecule has 1 nitrogen and oxygen atoms in total. The summed E-state index contributed by atoms with van der Waals surface area (Å²) in [5, 5.41) is 0. The van der Waals surface area contributed by atoms with Crippen molar-refractivity contribution in [1.29, 1.82) is 0 Å². The second kappa shape index (κ2) is 3.94. The summed E-state index contributed by atoms with van der Waals surface area (Å²) in [4.78, 5) is 0. The van der Waals surface area contributed by atoms with Crippen LogP contribution >= 0.6 is 0 Å². The molecule has 1 heteroatoms. The molecule has 0 amide bonds. The van der Waals surface area contributed by atoms with Gasteiger partial charge in [-0.25, -0.2) is 0 Å². The van der Waals surface area contributed by atoms with E-state index in [0.29, 0.717) is 0 Å². The molecule has 0 aliphatic carbocycles. The zero-order valence-electron chi connectivity index (χ0n) is 7.37. The normalized spacial score (nSPS) is 12.1. The van der Waals surface area contributed by atoms with Crippen LogP contribution in [0.4, 0.5) is 0 Å². The maximum Gasteiger partial charge on any atom is 0.0805 e. The summed E-state index contributed by atoms with van der Waals surface area (Å²) in [6.45, 7) is 1.98. The Morgan fingerprint density at radius 1 is 1.42 bits per heavy atom. The van der Waals surface area contributed by atoms with E-state index >= 15 is 0 Å². The first-order chi connectivity index (χ1) is 5.79. The van der Waals surface area contributed by atoms with Gasteiger partial charge in [0.1, 0.15) is 0 Å². The topological polar surface area (TPSA) is 9.23 Å². The van der Waals surface area contributed by atoms with Crippen molar-refractivity contribution in [2.45, 2.75) is 13.0 Å². The van der Waals surface area contributed by atoms with Crippen molar-refractivity contribution >= 4 is 0 Å². The van der Waals surface area contributed by atoms with Gasteiger partial charge in [-0.05, 0) is 18.6 Å². The van der Waals surface area contributed by atoms with Gasteiger partial charge < -0.3 is 4.74 Å². The zero-order chi connectivity index (χ0) is 8.97. The Balaban J connectivity index is 3.07. The molecule has 0 saturated carbocycles. The minimum Gasteiger partial charge on any atom is -0.377 e. The molecule has 0 radical (unpaired) electrons. The van der Waals surface area contributed by atoms with E-state index in [9.17, 15) is 0 Å². The molecule has 1 aromatic rings. The lowest BCUT2D eigenvalue weighted by Gasteiger charge is -2.11. The van der Waals surface area contributed by atoms with E-state index in [1.807, 2.05) is 31.2 Å². The molecule has 0 saturated heterocycles. The van der Waals surface area contributed by atoms with Crippen molar-refractivity contribution in [3.05, 3.63) is 35.4 Å². The van der Waals surface area contributed by atoms with Crippen LogP contribution in [0.15, 0.2) is 24.3 Å². The monoisotopic (exact) mass is 160 g/mol. The number of terminal acetylenes is 1. The smallest absolute Gasteiger partial charge is 0.0805 e. The first kappa shape index (κ1) is 8.83. The van der Waals surface area contributed by atoms with Crippen LogP contribution in [0.3, 0.4) is 0 Å². The van der Waals surface area contributed by atoms with Gasteiger partial charge >= 0.3 is 0 Å². The van der Waals surface area contributed by atoms with Gasteiger partial charge in [0, 0.05) is 12.7 Å². The fourth-order valence-corrected chi connectivity index (χ4v) is 1.11. The predicted molar refractivity (Wildman–Crippen MR) is 49.8 cm³/mol. The number of hydrogen-bond donors (Lipinski definition) is 0. The first-order valence-electron chi connectivity index (χ1n) is 3.88. The average Bonchev–Trinajstić information content (AvgIpc) is 2.16. The van der Waals surface area contributed by atoms with Gasteiger partial charge in [0.15, 0.2) is 0 Å². The molecule has 1 atom stereocenters. The van der Waals surface area contributed by atoms with Crippen LogP contribution in [0.2, 0.25) is 0 Å². The van der Waals surface area contributed by atoms with Gasteiger partial charge in [0.05, 0.1) is 6.10 Å². The summed E-state index contributed by atoms with van der Waals surface area (Å²) in [6.07, 6.45) is 5.40. The summed E-state index contributed by atoms with van der Waals surface area (Å²) in [6, 6.07) is 7.81. The standard InChI is InChI=1S/C11H12O/c1-4-10-7-5-6-8-11(10)9(2)12-3/h1,5-9H,2-3H3/t9-/m0/s1. The van der Waals surface area contributed by atoms with Gasteiger partial charge in [-0.3, -0.25) is 0 Å². The third-order valence-electron chi connectivity index (χ3n) is 1.91. The van der Waals surface area contributed by atoms with Crippen LogP contribution < -0.4 is 0 Å². The SMILES string of the molecule is C#Cc1ccccc1[C@H](C)OC. The lowest BCUT2D eigenvalue weighted by Crippen LogP contribution is -1.98. The minimum absolute atomic E-state index is 0.0669. The molecule has 62 valence electrons. The van der Waals surface area contributed by atoms with E-state index in [0.717, 1.165) is 11.1 Å². The molecule has 0 aliphatic heterocycles. The summed E-state index contributed by atoms with van der Waals surface area (Å²) in [5.74, 6) is 2.63. The lowest BCUT2D eigenvalue weighted by atomic mass is 10.0. The van der Waals surface area contributed by atoms with Gasteiger partial charge in [-0.15, -0.1) is 6.42 Å². The summed E-state index contributed by atoms with van der Waals surface area (Å²) in [5.41, 5.74) is 1.98. The second-order valence-corrected chi connectivity index (χ2v) is 2.61. The second-order valence-electron chi connectivity index (χ2n) is 2.61. The van der Waals surface area contributed by atoms with Gasteiger partial charge in [-0.2, -0.15) is 0 Å². The van der Waals surface area contributed by atoms with E-state index in [1.54, 1.807) is 7.11 Å². The fraction of sp³-hybridized carbons (Fsp3) is 0.273. The van der Waals surface area contributed by atoms with Crippen LogP contribution in [-0.4, -0.2) is 7.11 Å².